The van der Waals surface area contributed by atoms with E-state index >= 15 is 0 Å². The molecule has 5 aromatic carbocycles. The molecule has 4 heterocycles. The molecule has 2 aliphatic heterocycles. The van der Waals surface area contributed by atoms with E-state index in [-0.39, 0.29) is 6.09 Å². The van der Waals surface area contributed by atoms with Crippen LogP contribution in [0.1, 0.15) is 29.2 Å². The number of aryl methyl sites for hydroxylation is 4. The molecule has 2 aliphatic rings. The first-order chi connectivity index (χ1) is 30.5. The van der Waals surface area contributed by atoms with Gasteiger partial charge < -0.3 is 39.3 Å². The van der Waals surface area contributed by atoms with Crippen LogP contribution in [0.5, 0.6) is 17.2 Å². The average molecular weight is 847 g/mol. The van der Waals surface area contributed by atoms with Gasteiger partial charge in [0.25, 0.3) is 0 Å². The van der Waals surface area contributed by atoms with Crippen LogP contribution in [0.4, 0.5) is 22.1 Å². The van der Waals surface area contributed by atoms with Gasteiger partial charge in [-0.1, -0.05) is 24.3 Å². The fourth-order valence-electron chi connectivity index (χ4n) is 8.31. The van der Waals surface area contributed by atoms with E-state index in [1.54, 1.807) is 18.2 Å². The first kappa shape index (κ1) is 42.5. The highest BCUT2D eigenvalue weighted by molar-refractivity contribution is 5.84. The lowest BCUT2D eigenvalue weighted by Crippen LogP contribution is -2.49. The zero-order valence-electron chi connectivity index (χ0n) is 36.8. The van der Waals surface area contributed by atoms with E-state index in [1.165, 1.54) is 0 Å². The van der Waals surface area contributed by atoms with Gasteiger partial charge in [0.2, 0.25) is 0 Å². The molecular formula is C50H54N8O5. The van der Waals surface area contributed by atoms with Crippen LogP contribution in [0.3, 0.4) is 0 Å². The third-order valence-corrected chi connectivity index (χ3v) is 11.9. The number of fused-ring (bicyclic) bond motifs is 2. The summed E-state index contributed by atoms with van der Waals surface area (Å²) in [6, 6.07) is 28.3. The number of amides is 1. The number of rotatable bonds is 7. The quantitative estimate of drug-likeness (QED) is 0.158. The Morgan fingerprint density at radius 2 is 1.02 bits per heavy atom. The zero-order valence-corrected chi connectivity index (χ0v) is 36.8. The van der Waals surface area contributed by atoms with Gasteiger partial charge in [0.1, 0.15) is 28.9 Å². The number of methoxy groups -OCH3 is 1. The smallest absolute Gasteiger partial charge is 0.409 e. The van der Waals surface area contributed by atoms with Crippen molar-refractivity contribution >= 4 is 45.5 Å². The van der Waals surface area contributed by atoms with Gasteiger partial charge in [0, 0.05) is 52.4 Å². The van der Waals surface area contributed by atoms with Crippen LogP contribution >= 0.6 is 0 Å². The number of phenolic OH excluding ortho intramolecular Hbond substituents is 2. The predicted molar refractivity (Wildman–Crippen MR) is 250 cm³/mol. The molecule has 2 aromatic heterocycles. The molecule has 63 heavy (non-hydrogen) atoms. The van der Waals surface area contributed by atoms with E-state index in [9.17, 15) is 15.0 Å². The summed E-state index contributed by atoms with van der Waals surface area (Å²) >= 11 is 0. The number of aromatic hydroxyl groups is 2. The monoisotopic (exact) mass is 846 g/mol. The Labute approximate surface area is 368 Å². The molecule has 13 heteroatoms. The molecule has 2 N–H and O–H groups in total. The number of phenols is 2. The van der Waals surface area contributed by atoms with E-state index in [2.05, 4.69) is 42.9 Å². The topological polar surface area (TPSA) is 141 Å². The molecule has 0 unspecified atom stereocenters. The summed E-state index contributed by atoms with van der Waals surface area (Å²) < 4.78 is 10.6. The van der Waals surface area contributed by atoms with Crippen LogP contribution < -0.4 is 19.4 Å². The Hall–Kier alpha value is -7.15. The number of hydrogen-bond donors (Lipinski definition) is 2. The van der Waals surface area contributed by atoms with Gasteiger partial charge in [0.15, 0.2) is 0 Å². The van der Waals surface area contributed by atoms with Gasteiger partial charge in [-0.25, -0.2) is 14.8 Å². The van der Waals surface area contributed by atoms with Crippen LogP contribution in [0, 0.1) is 27.7 Å². The highest BCUT2D eigenvalue weighted by Gasteiger charge is 2.24. The highest BCUT2D eigenvalue weighted by Crippen LogP contribution is 2.33. The maximum absolute atomic E-state index is 11.9. The summed E-state index contributed by atoms with van der Waals surface area (Å²) in [5, 5.41) is 20.2. The van der Waals surface area contributed by atoms with Crippen molar-refractivity contribution in [2.45, 2.75) is 34.6 Å². The molecule has 9 rings (SSSR count). The minimum atomic E-state index is -0.258. The van der Waals surface area contributed by atoms with Gasteiger partial charge in [-0.15, -0.1) is 0 Å². The molecule has 0 radical (unpaired) electrons. The van der Waals surface area contributed by atoms with E-state index in [1.807, 2.05) is 108 Å². The van der Waals surface area contributed by atoms with Crippen molar-refractivity contribution < 1.29 is 24.5 Å². The van der Waals surface area contributed by atoms with Crippen molar-refractivity contribution in [2.75, 3.05) is 80.8 Å². The Morgan fingerprint density at radius 1 is 0.571 bits per heavy atom. The Morgan fingerprint density at radius 3 is 1.48 bits per heavy atom. The summed E-state index contributed by atoms with van der Waals surface area (Å²) in [6.45, 7) is 16.0. The second kappa shape index (κ2) is 18.4. The third kappa shape index (κ3) is 9.23. The van der Waals surface area contributed by atoms with E-state index in [0.29, 0.717) is 44.3 Å². The Kier molecular flexibility index (Phi) is 12.5. The molecule has 2 fully saturated rings. The largest absolute Gasteiger partial charge is 0.507 e. The van der Waals surface area contributed by atoms with Crippen LogP contribution in [-0.2, 0) is 4.74 Å². The Bertz CT molecular complexity index is 2740. The van der Waals surface area contributed by atoms with Crippen molar-refractivity contribution in [3.63, 3.8) is 0 Å². The molecule has 0 bridgehead atoms. The fourth-order valence-corrected chi connectivity index (χ4v) is 8.31. The predicted octanol–water partition coefficient (Wildman–Crippen LogP) is 8.85. The van der Waals surface area contributed by atoms with Crippen molar-refractivity contribution in [2.24, 2.45) is 0 Å². The molecule has 0 aliphatic carbocycles. The molecule has 0 saturated carbocycles. The number of anilines is 3. The second-order valence-corrected chi connectivity index (χ2v) is 16.1. The second-order valence-electron chi connectivity index (χ2n) is 16.1. The van der Waals surface area contributed by atoms with Crippen molar-refractivity contribution in [1.29, 1.82) is 0 Å². The van der Waals surface area contributed by atoms with Crippen LogP contribution in [-0.4, -0.2) is 107 Å². The number of hydrogen-bond acceptors (Lipinski definition) is 12. The van der Waals surface area contributed by atoms with Gasteiger partial charge in [-0.3, -0.25) is 9.97 Å². The van der Waals surface area contributed by atoms with E-state index < -0.39 is 0 Å². The summed E-state index contributed by atoms with van der Waals surface area (Å²) in [4.78, 5) is 39.4. The van der Waals surface area contributed by atoms with Gasteiger partial charge >= 0.3 is 6.09 Å². The van der Waals surface area contributed by atoms with Gasteiger partial charge in [0.05, 0.1) is 53.9 Å². The number of carbonyl (C=O) groups is 1. The van der Waals surface area contributed by atoms with Crippen LogP contribution in [0.15, 0.2) is 97.3 Å². The van der Waals surface area contributed by atoms with Crippen molar-refractivity contribution in [1.82, 2.24) is 24.8 Å². The lowest BCUT2D eigenvalue weighted by atomic mass is 9.99. The van der Waals surface area contributed by atoms with Gasteiger partial charge in [-0.2, -0.15) is 0 Å². The minimum Gasteiger partial charge on any atom is -0.507 e. The SMILES string of the molecule is CCOC(=O)N1CCN(c2cnc3ccc(-c4cc(C)c(O)c(C)c4)cc3n2)CC1.COc1ccccc1N1CCN(c2cnc3ccc(-c4cc(C)c(O)c(C)c4)cc3n2)CC1. The average Bonchev–Trinajstić information content (AvgIpc) is 3.31. The molecule has 0 spiro atoms. The van der Waals surface area contributed by atoms with Gasteiger partial charge in [-0.05, 0) is 140 Å². The van der Waals surface area contributed by atoms with Crippen molar-refractivity contribution in [3.05, 3.63) is 120 Å². The standard InChI is InChI=1S/C27H28N4O2.C23H26N4O3/c1-18-14-21(15-19(2)27(18)32)20-8-9-22-23(16-20)29-26(17-28-22)31-12-10-30(11-13-31)24-6-4-5-7-25(24)33-3;1-4-30-23(29)27-9-7-26(8-10-27)21-14-24-19-6-5-17(13-20(19)25-21)18-11-15(2)22(28)16(3)12-18/h4-9,14-17,32H,10-13H2,1-3H3;5-6,11-14,28H,4,7-10H2,1-3H3. The maximum atomic E-state index is 11.9. The molecule has 2 saturated heterocycles. The number of benzene rings is 5. The van der Waals surface area contributed by atoms with Crippen LogP contribution in [0.2, 0.25) is 0 Å². The number of ether oxygens (including phenoxy) is 2. The molecule has 7 aromatic rings. The zero-order chi connectivity index (χ0) is 44.2. The minimum absolute atomic E-state index is 0.258. The lowest BCUT2D eigenvalue weighted by Gasteiger charge is -2.37. The Balaban J connectivity index is 0.000000174. The third-order valence-electron chi connectivity index (χ3n) is 11.9. The molecule has 0 atom stereocenters. The van der Waals surface area contributed by atoms with Crippen molar-refractivity contribution in [3.8, 4) is 39.5 Å². The van der Waals surface area contributed by atoms with E-state index in [4.69, 9.17) is 19.4 Å². The first-order valence-corrected chi connectivity index (χ1v) is 21.4. The van der Waals surface area contributed by atoms with Crippen LogP contribution in [0.25, 0.3) is 44.3 Å². The summed E-state index contributed by atoms with van der Waals surface area (Å²) in [5.74, 6) is 3.31. The summed E-state index contributed by atoms with van der Waals surface area (Å²) in [7, 11) is 1.72. The molecule has 324 valence electrons. The normalized spacial score (nSPS) is 14.1. The first-order valence-electron chi connectivity index (χ1n) is 21.4. The molecule has 13 nitrogen and oxygen atoms in total. The highest BCUT2D eigenvalue weighted by atomic mass is 16.6. The molecule has 1 amide bonds. The number of aromatic nitrogens is 4. The van der Waals surface area contributed by atoms with E-state index in [0.717, 1.165) is 116 Å². The fraction of sp³-hybridized carbons (Fsp3) is 0.300. The molecular weight excluding hydrogens is 793 g/mol. The number of carbonyl (C=O) groups excluding carboxylic acids is 1. The number of nitrogens with zero attached hydrogens (tertiary/aromatic N) is 8. The lowest BCUT2D eigenvalue weighted by molar-refractivity contribution is 0.105. The maximum Gasteiger partial charge on any atom is 0.409 e. The number of para-hydroxylation sites is 2. The summed E-state index contributed by atoms with van der Waals surface area (Å²) in [6.07, 6.45) is 3.40. The summed E-state index contributed by atoms with van der Waals surface area (Å²) in [5.41, 5.74) is 12.2. The number of piperazine rings is 2.